The van der Waals surface area contributed by atoms with E-state index in [0.717, 1.165) is 13.0 Å². The molecule has 0 aliphatic heterocycles. The van der Waals surface area contributed by atoms with Crippen molar-refractivity contribution < 1.29 is 23.7 Å². The summed E-state index contributed by atoms with van der Waals surface area (Å²) < 4.78 is 22.4. The maximum atomic E-state index is 12.2. The van der Waals surface area contributed by atoms with E-state index < -0.39 is 0 Å². The largest absolute Gasteiger partial charge is 0.465 e. The second-order valence-electron chi connectivity index (χ2n) is 10.7. The summed E-state index contributed by atoms with van der Waals surface area (Å²) in [6.45, 7) is 11.2. The van der Waals surface area contributed by atoms with E-state index in [0.29, 0.717) is 58.4 Å². The second kappa shape index (κ2) is 31.6. The van der Waals surface area contributed by atoms with Crippen molar-refractivity contribution in [3.63, 3.8) is 0 Å². The van der Waals surface area contributed by atoms with E-state index in [1.54, 1.807) is 0 Å². The molecule has 0 fully saturated rings. The first kappa shape index (κ1) is 36.4. The molecular weight excluding hydrogens is 464 g/mol. The zero-order valence-corrected chi connectivity index (χ0v) is 25.2. The Hall–Kier alpha value is -0.650. The molecule has 0 rings (SSSR count). The molecule has 0 aromatic carbocycles. The van der Waals surface area contributed by atoms with Crippen molar-refractivity contribution >= 4 is 5.97 Å². The Morgan fingerprint density at radius 3 is 1.43 bits per heavy atom. The number of hydrogen-bond donors (Lipinski definition) is 0. The van der Waals surface area contributed by atoms with Gasteiger partial charge in [0.2, 0.25) is 0 Å². The standard InChI is InChI=1S/C32H64O5/c1-4-7-10-13-15-18-22-31(21-17-12-9-6-3)30-37-32(33)23-20-25-35-27-29-36-28-26-34-24-19-16-14-11-8-5-2/h31H,4-30H2,1-3H3. The van der Waals surface area contributed by atoms with Gasteiger partial charge in [-0.3, -0.25) is 4.79 Å². The highest BCUT2D eigenvalue weighted by molar-refractivity contribution is 5.69. The molecule has 0 spiro atoms. The van der Waals surface area contributed by atoms with E-state index in [4.69, 9.17) is 18.9 Å². The molecule has 0 saturated carbocycles. The number of ether oxygens (including phenoxy) is 4. The molecule has 0 bridgehead atoms. The quantitative estimate of drug-likeness (QED) is 0.0663. The van der Waals surface area contributed by atoms with Crippen molar-refractivity contribution in [2.45, 2.75) is 149 Å². The van der Waals surface area contributed by atoms with Crippen LogP contribution in [0.1, 0.15) is 149 Å². The van der Waals surface area contributed by atoms with Crippen LogP contribution in [0.5, 0.6) is 0 Å². The number of hydrogen-bond acceptors (Lipinski definition) is 5. The number of rotatable bonds is 31. The van der Waals surface area contributed by atoms with Crippen LogP contribution in [-0.4, -0.2) is 52.2 Å². The maximum Gasteiger partial charge on any atom is 0.305 e. The summed E-state index contributed by atoms with van der Waals surface area (Å²) in [7, 11) is 0. The Morgan fingerprint density at radius 1 is 0.486 bits per heavy atom. The molecule has 1 atom stereocenters. The van der Waals surface area contributed by atoms with Crippen LogP contribution in [0.4, 0.5) is 0 Å². The summed E-state index contributed by atoms with van der Waals surface area (Å²) >= 11 is 0. The molecule has 0 radical (unpaired) electrons. The number of carbonyl (C=O) groups is 1. The van der Waals surface area contributed by atoms with Crippen LogP contribution < -0.4 is 0 Å². The highest BCUT2D eigenvalue weighted by Gasteiger charge is 2.12. The summed E-state index contributed by atoms with van der Waals surface area (Å²) in [5, 5.41) is 0. The Balaban J connectivity index is 3.63. The second-order valence-corrected chi connectivity index (χ2v) is 10.7. The summed E-state index contributed by atoms with van der Waals surface area (Å²) in [6.07, 6.45) is 24.3. The van der Waals surface area contributed by atoms with Gasteiger partial charge in [0.1, 0.15) is 0 Å². The Kier molecular flexibility index (Phi) is 31.0. The van der Waals surface area contributed by atoms with Crippen LogP contribution in [0.15, 0.2) is 0 Å². The van der Waals surface area contributed by atoms with Gasteiger partial charge in [-0.1, -0.05) is 117 Å². The SMILES string of the molecule is CCCCCCCCOCCOCCOCCCC(=O)OCC(CCCCCC)CCCCCCCC. The van der Waals surface area contributed by atoms with E-state index in [1.165, 1.54) is 109 Å². The lowest BCUT2D eigenvalue weighted by atomic mass is 9.95. The topological polar surface area (TPSA) is 54.0 Å². The zero-order valence-electron chi connectivity index (χ0n) is 25.2. The van der Waals surface area contributed by atoms with Gasteiger partial charge in [0.25, 0.3) is 0 Å². The lowest BCUT2D eigenvalue weighted by Crippen LogP contribution is -2.15. The van der Waals surface area contributed by atoms with E-state index in [2.05, 4.69) is 20.8 Å². The summed E-state index contributed by atoms with van der Waals surface area (Å²) in [5.74, 6) is 0.444. The van der Waals surface area contributed by atoms with Crippen molar-refractivity contribution in [3.8, 4) is 0 Å². The molecule has 0 aliphatic rings. The highest BCUT2D eigenvalue weighted by atomic mass is 16.5. The smallest absolute Gasteiger partial charge is 0.305 e. The predicted molar refractivity (Wildman–Crippen MR) is 156 cm³/mol. The fourth-order valence-corrected chi connectivity index (χ4v) is 4.51. The maximum absolute atomic E-state index is 12.2. The molecule has 222 valence electrons. The van der Waals surface area contributed by atoms with Crippen LogP contribution in [0, 0.1) is 5.92 Å². The number of carbonyl (C=O) groups excluding carboxylic acids is 1. The van der Waals surface area contributed by atoms with Crippen LogP contribution in [-0.2, 0) is 23.7 Å². The molecule has 5 heteroatoms. The molecule has 0 N–H and O–H groups in total. The molecule has 37 heavy (non-hydrogen) atoms. The van der Waals surface area contributed by atoms with Crippen molar-refractivity contribution in [1.82, 2.24) is 0 Å². The van der Waals surface area contributed by atoms with Crippen LogP contribution in [0.3, 0.4) is 0 Å². The van der Waals surface area contributed by atoms with Gasteiger partial charge in [-0.15, -0.1) is 0 Å². The van der Waals surface area contributed by atoms with E-state index in [-0.39, 0.29) is 5.97 Å². The molecule has 1 unspecified atom stereocenters. The van der Waals surface area contributed by atoms with Gasteiger partial charge < -0.3 is 18.9 Å². The van der Waals surface area contributed by atoms with Crippen molar-refractivity contribution in [2.75, 3.05) is 46.2 Å². The van der Waals surface area contributed by atoms with Crippen molar-refractivity contribution in [1.29, 1.82) is 0 Å². The molecule has 0 heterocycles. The van der Waals surface area contributed by atoms with Gasteiger partial charge in [-0.2, -0.15) is 0 Å². The van der Waals surface area contributed by atoms with Gasteiger partial charge in [0.05, 0.1) is 33.0 Å². The Morgan fingerprint density at radius 2 is 0.892 bits per heavy atom. The van der Waals surface area contributed by atoms with Gasteiger partial charge in [-0.05, 0) is 31.6 Å². The normalized spacial score (nSPS) is 12.2. The fourth-order valence-electron chi connectivity index (χ4n) is 4.51. The van der Waals surface area contributed by atoms with Gasteiger partial charge >= 0.3 is 5.97 Å². The minimum Gasteiger partial charge on any atom is -0.465 e. The highest BCUT2D eigenvalue weighted by Crippen LogP contribution is 2.19. The van der Waals surface area contributed by atoms with Crippen molar-refractivity contribution in [3.05, 3.63) is 0 Å². The minimum absolute atomic E-state index is 0.0798. The van der Waals surface area contributed by atoms with Gasteiger partial charge in [-0.25, -0.2) is 0 Å². The van der Waals surface area contributed by atoms with Gasteiger partial charge in [0, 0.05) is 19.6 Å². The summed E-state index contributed by atoms with van der Waals surface area (Å²) in [6, 6.07) is 0. The van der Waals surface area contributed by atoms with Crippen LogP contribution >= 0.6 is 0 Å². The molecule has 0 saturated heterocycles. The first-order valence-electron chi connectivity index (χ1n) is 16.1. The molecule has 0 aromatic rings. The number of unbranched alkanes of at least 4 members (excludes halogenated alkanes) is 13. The first-order valence-corrected chi connectivity index (χ1v) is 16.1. The summed E-state index contributed by atoms with van der Waals surface area (Å²) in [5.41, 5.74) is 0. The van der Waals surface area contributed by atoms with Gasteiger partial charge in [0.15, 0.2) is 0 Å². The Bertz CT molecular complexity index is 443. The summed E-state index contributed by atoms with van der Waals surface area (Å²) in [4.78, 5) is 12.2. The average molecular weight is 529 g/mol. The van der Waals surface area contributed by atoms with Crippen LogP contribution in [0.2, 0.25) is 0 Å². The third-order valence-electron chi connectivity index (χ3n) is 6.97. The zero-order chi connectivity index (χ0) is 27.1. The predicted octanol–water partition coefficient (Wildman–Crippen LogP) is 9.06. The monoisotopic (exact) mass is 528 g/mol. The molecular formula is C32H64O5. The molecule has 5 nitrogen and oxygen atoms in total. The third kappa shape index (κ3) is 29.8. The van der Waals surface area contributed by atoms with Crippen LogP contribution in [0.25, 0.3) is 0 Å². The lowest BCUT2D eigenvalue weighted by Gasteiger charge is -2.17. The lowest BCUT2D eigenvalue weighted by molar-refractivity contribution is -0.145. The van der Waals surface area contributed by atoms with E-state index >= 15 is 0 Å². The molecule has 0 amide bonds. The molecule has 0 aromatic heterocycles. The van der Waals surface area contributed by atoms with Crippen molar-refractivity contribution in [2.24, 2.45) is 5.92 Å². The molecule has 0 aliphatic carbocycles. The Labute approximate surface area is 231 Å². The average Bonchev–Trinajstić information content (AvgIpc) is 2.90. The third-order valence-corrected chi connectivity index (χ3v) is 6.97. The van der Waals surface area contributed by atoms with E-state index in [9.17, 15) is 4.79 Å². The first-order chi connectivity index (χ1) is 18.2. The van der Waals surface area contributed by atoms with E-state index in [1.807, 2.05) is 0 Å². The minimum atomic E-state index is -0.0798. The fraction of sp³-hybridized carbons (Fsp3) is 0.969. The number of esters is 1.